The van der Waals surface area contributed by atoms with Crippen LogP contribution in [0.15, 0.2) is 10.6 Å². The maximum Gasteiger partial charge on any atom is 0.240 e. The van der Waals surface area contributed by atoms with Gasteiger partial charge in [-0.1, -0.05) is 45.2 Å². The minimum absolute atomic E-state index is 0. The summed E-state index contributed by atoms with van der Waals surface area (Å²) in [7, 11) is 0. The van der Waals surface area contributed by atoms with Crippen LogP contribution in [0.1, 0.15) is 58.6 Å². The number of anilines is 1. The standard InChI is InChI=1S/C18H30N4O2.ClH/c1-17(2,3)14-11-16(24-21-14)20-15(23)12-22-10-9-19-13-18(22)7-5-4-6-8-18;/h11,19H,4-10,12-13H2,1-3H3,(H,20,23);1H. The highest BCUT2D eigenvalue weighted by atomic mass is 35.5. The summed E-state index contributed by atoms with van der Waals surface area (Å²) >= 11 is 0. The van der Waals surface area contributed by atoms with Crippen LogP contribution < -0.4 is 10.6 Å². The molecule has 0 aromatic carbocycles. The average molecular weight is 371 g/mol. The molecule has 0 unspecified atom stereocenters. The molecule has 6 nitrogen and oxygen atoms in total. The number of amides is 1. The summed E-state index contributed by atoms with van der Waals surface area (Å²) in [5.74, 6) is 0.427. The fourth-order valence-electron chi connectivity index (χ4n) is 3.87. The van der Waals surface area contributed by atoms with Gasteiger partial charge in [0, 0.05) is 36.7 Å². The Labute approximate surface area is 156 Å². The number of hydrogen-bond donors (Lipinski definition) is 2. The van der Waals surface area contributed by atoms with Gasteiger partial charge in [0.15, 0.2) is 0 Å². The van der Waals surface area contributed by atoms with Crippen molar-refractivity contribution in [3.05, 3.63) is 11.8 Å². The molecule has 0 atom stereocenters. The molecule has 2 N–H and O–H groups in total. The van der Waals surface area contributed by atoms with E-state index in [1.54, 1.807) is 0 Å². The van der Waals surface area contributed by atoms with Crippen LogP contribution in [0.3, 0.4) is 0 Å². The summed E-state index contributed by atoms with van der Waals surface area (Å²) < 4.78 is 5.28. The van der Waals surface area contributed by atoms with Crippen LogP contribution in [0.5, 0.6) is 0 Å². The Balaban J connectivity index is 0.00000225. The van der Waals surface area contributed by atoms with Crippen LogP contribution in [0.25, 0.3) is 0 Å². The summed E-state index contributed by atoms with van der Waals surface area (Å²) in [5, 5.41) is 10.4. The molecule has 2 heterocycles. The first-order valence-corrected chi connectivity index (χ1v) is 9.12. The molecule has 1 amide bonds. The molecular formula is C18H31ClN4O2. The minimum Gasteiger partial charge on any atom is -0.338 e. The van der Waals surface area contributed by atoms with E-state index in [-0.39, 0.29) is 29.3 Å². The van der Waals surface area contributed by atoms with Crippen molar-refractivity contribution in [2.75, 3.05) is 31.5 Å². The van der Waals surface area contributed by atoms with E-state index < -0.39 is 0 Å². The van der Waals surface area contributed by atoms with Gasteiger partial charge in [-0.05, 0) is 12.8 Å². The molecule has 1 aliphatic carbocycles. The molecule has 2 fully saturated rings. The van der Waals surface area contributed by atoms with Crippen molar-refractivity contribution in [3.63, 3.8) is 0 Å². The highest BCUT2D eigenvalue weighted by Crippen LogP contribution is 2.34. The van der Waals surface area contributed by atoms with Crippen LogP contribution in [0.4, 0.5) is 5.88 Å². The molecule has 142 valence electrons. The lowest BCUT2D eigenvalue weighted by atomic mass is 9.79. The number of nitrogens with one attached hydrogen (secondary N) is 2. The lowest BCUT2D eigenvalue weighted by Gasteiger charge is -2.49. The van der Waals surface area contributed by atoms with Gasteiger partial charge in [-0.25, -0.2) is 0 Å². The summed E-state index contributed by atoms with van der Waals surface area (Å²) in [6.07, 6.45) is 6.21. The van der Waals surface area contributed by atoms with Crippen molar-refractivity contribution in [1.82, 2.24) is 15.4 Å². The molecule has 0 radical (unpaired) electrons. The lowest BCUT2D eigenvalue weighted by Crippen LogP contribution is -2.63. The van der Waals surface area contributed by atoms with Gasteiger partial charge in [0.2, 0.25) is 11.8 Å². The molecule has 7 heteroatoms. The van der Waals surface area contributed by atoms with Crippen molar-refractivity contribution >= 4 is 24.2 Å². The molecule has 3 rings (SSSR count). The predicted octanol–water partition coefficient (Wildman–Crippen LogP) is 2.94. The van der Waals surface area contributed by atoms with Crippen LogP contribution in [0.2, 0.25) is 0 Å². The third-order valence-corrected chi connectivity index (χ3v) is 5.34. The van der Waals surface area contributed by atoms with Crippen molar-refractivity contribution in [3.8, 4) is 0 Å². The van der Waals surface area contributed by atoms with Gasteiger partial charge in [0.1, 0.15) is 0 Å². The van der Waals surface area contributed by atoms with E-state index >= 15 is 0 Å². The Morgan fingerprint density at radius 2 is 2.08 bits per heavy atom. The zero-order valence-corrected chi connectivity index (χ0v) is 16.4. The fourth-order valence-corrected chi connectivity index (χ4v) is 3.87. The SMILES string of the molecule is CC(C)(C)c1cc(NC(=O)CN2CCNCC23CCCCC3)on1.Cl. The third kappa shape index (κ3) is 4.74. The number of rotatable bonds is 3. The van der Waals surface area contributed by atoms with E-state index in [0.717, 1.165) is 25.3 Å². The largest absolute Gasteiger partial charge is 0.338 e. The number of hydrogen-bond acceptors (Lipinski definition) is 5. The molecule has 1 aromatic heterocycles. The van der Waals surface area contributed by atoms with Crippen molar-refractivity contribution < 1.29 is 9.32 Å². The quantitative estimate of drug-likeness (QED) is 0.856. The first kappa shape index (κ1) is 20.2. The Morgan fingerprint density at radius 3 is 2.72 bits per heavy atom. The van der Waals surface area contributed by atoms with E-state index in [9.17, 15) is 4.79 Å². The second-order valence-electron chi connectivity index (χ2n) is 8.26. The van der Waals surface area contributed by atoms with Gasteiger partial charge in [-0.2, -0.15) is 0 Å². The van der Waals surface area contributed by atoms with Crippen LogP contribution in [-0.4, -0.2) is 47.7 Å². The Morgan fingerprint density at radius 1 is 1.36 bits per heavy atom. The number of nitrogens with zero attached hydrogens (tertiary/aromatic N) is 2. The van der Waals surface area contributed by atoms with Crippen molar-refractivity contribution in [2.24, 2.45) is 0 Å². The van der Waals surface area contributed by atoms with E-state index in [2.05, 4.69) is 41.5 Å². The van der Waals surface area contributed by atoms with Crippen LogP contribution >= 0.6 is 12.4 Å². The summed E-state index contributed by atoms with van der Waals surface area (Å²) in [6, 6.07) is 1.83. The molecule has 1 saturated heterocycles. The summed E-state index contributed by atoms with van der Waals surface area (Å²) in [6.45, 7) is 9.52. The molecule has 2 aliphatic rings. The Kier molecular flexibility index (Phi) is 6.51. The molecule has 1 aromatic rings. The van der Waals surface area contributed by atoms with Gasteiger partial charge < -0.3 is 9.84 Å². The molecule has 1 saturated carbocycles. The maximum atomic E-state index is 12.5. The molecule has 1 spiro atoms. The first-order valence-electron chi connectivity index (χ1n) is 9.12. The first-order chi connectivity index (χ1) is 11.4. The second kappa shape index (κ2) is 8.06. The fraction of sp³-hybridized carbons (Fsp3) is 0.778. The number of carbonyl (C=O) groups excluding carboxylic acids is 1. The Bertz CT molecular complexity index is 568. The average Bonchev–Trinajstić information content (AvgIpc) is 2.99. The normalized spacial score (nSPS) is 20.9. The van der Waals surface area contributed by atoms with Gasteiger partial charge in [0.25, 0.3) is 0 Å². The summed E-state index contributed by atoms with van der Waals surface area (Å²) in [5.41, 5.74) is 0.923. The van der Waals surface area contributed by atoms with Gasteiger partial charge in [0.05, 0.1) is 12.2 Å². The summed E-state index contributed by atoms with van der Waals surface area (Å²) in [4.78, 5) is 14.9. The zero-order valence-electron chi connectivity index (χ0n) is 15.6. The van der Waals surface area contributed by atoms with E-state index in [4.69, 9.17) is 4.52 Å². The second-order valence-corrected chi connectivity index (χ2v) is 8.26. The van der Waals surface area contributed by atoms with Crippen LogP contribution in [-0.2, 0) is 10.2 Å². The van der Waals surface area contributed by atoms with Gasteiger partial charge >= 0.3 is 0 Å². The highest BCUT2D eigenvalue weighted by molar-refractivity contribution is 5.91. The lowest BCUT2D eigenvalue weighted by molar-refractivity contribution is -0.120. The van der Waals surface area contributed by atoms with E-state index in [1.807, 2.05) is 6.07 Å². The molecular weight excluding hydrogens is 340 g/mol. The maximum absolute atomic E-state index is 12.5. The monoisotopic (exact) mass is 370 g/mol. The minimum atomic E-state index is -0.0861. The molecule has 1 aliphatic heterocycles. The van der Waals surface area contributed by atoms with Gasteiger partial charge in [-0.15, -0.1) is 12.4 Å². The molecule has 25 heavy (non-hydrogen) atoms. The number of halogens is 1. The van der Waals surface area contributed by atoms with Crippen molar-refractivity contribution in [2.45, 2.75) is 63.8 Å². The zero-order chi connectivity index (χ0) is 17.2. The number of aromatic nitrogens is 1. The van der Waals surface area contributed by atoms with Crippen molar-refractivity contribution in [1.29, 1.82) is 0 Å². The van der Waals surface area contributed by atoms with E-state index in [0.29, 0.717) is 12.4 Å². The van der Waals surface area contributed by atoms with Crippen LogP contribution in [0, 0.1) is 0 Å². The number of piperazine rings is 1. The predicted molar refractivity (Wildman–Crippen MR) is 101 cm³/mol. The smallest absolute Gasteiger partial charge is 0.240 e. The topological polar surface area (TPSA) is 70.4 Å². The number of carbonyl (C=O) groups is 1. The van der Waals surface area contributed by atoms with Gasteiger partial charge in [-0.3, -0.25) is 15.0 Å². The molecule has 0 bridgehead atoms. The highest BCUT2D eigenvalue weighted by Gasteiger charge is 2.40. The third-order valence-electron chi connectivity index (χ3n) is 5.34. The Hall–Kier alpha value is -1.11. The van der Waals surface area contributed by atoms with E-state index in [1.165, 1.54) is 32.1 Å².